The van der Waals surface area contributed by atoms with Crippen LogP contribution >= 0.6 is 0 Å². The zero-order valence-corrected chi connectivity index (χ0v) is 12.3. The standard InChI is InChI=1S/C15H32N2/c1-5-7-14(16-6-2)12-17(4)15-10-8-13(3)9-11-15/h13-16H,5-12H2,1-4H3. The van der Waals surface area contributed by atoms with Crippen LogP contribution < -0.4 is 5.32 Å². The summed E-state index contributed by atoms with van der Waals surface area (Å²) < 4.78 is 0. The fourth-order valence-corrected chi connectivity index (χ4v) is 3.07. The topological polar surface area (TPSA) is 15.3 Å². The Kier molecular flexibility index (Phi) is 7.14. The van der Waals surface area contributed by atoms with Crippen LogP contribution in [-0.4, -0.2) is 37.1 Å². The van der Waals surface area contributed by atoms with Crippen molar-refractivity contribution in [2.24, 2.45) is 5.92 Å². The van der Waals surface area contributed by atoms with E-state index in [-0.39, 0.29) is 0 Å². The van der Waals surface area contributed by atoms with Gasteiger partial charge in [0.25, 0.3) is 0 Å². The van der Waals surface area contributed by atoms with Crippen molar-refractivity contribution in [2.45, 2.75) is 71.4 Å². The molecule has 0 radical (unpaired) electrons. The molecular formula is C15H32N2. The second-order valence-corrected chi connectivity index (χ2v) is 5.90. The molecule has 1 rings (SSSR count). The highest BCUT2D eigenvalue weighted by Crippen LogP contribution is 2.26. The van der Waals surface area contributed by atoms with E-state index in [2.05, 4.69) is 38.0 Å². The molecule has 1 atom stereocenters. The molecule has 0 saturated heterocycles. The van der Waals surface area contributed by atoms with Crippen LogP contribution in [0.1, 0.15) is 59.3 Å². The molecule has 0 spiro atoms. The third-order valence-corrected chi connectivity index (χ3v) is 4.25. The number of hydrogen-bond acceptors (Lipinski definition) is 2. The van der Waals surface area contributed by atoms with Gasteiger partial charge in [-0.05, 0) is 51.6 Å². The van der Waals surface area contributed by atoms with E-state index in [0.29, 0.717) is 6.04 Å². The van der Waals surface area contributed by atoms with E-state index in [0.717, 1.165) is 18.5 Å². The third kappa shape index (κ3) is 5.39. The number of nitrogens with one attached hydrogen (secondary N) is 1. The summed E-state index contributed by atoms with van der Waals surface area (Å²) in [5, 5.41) is 3.62. The fraction of sp³-hybridized carbons (Fsp3) is 1.00. The lowest BCUT2D eigenvalue weighted by Gasteiger charge is -2.35. The maximum Gasteiger partial charge on any atom is 0.0194 e. The van der Waals surface area contributed by atoms with E-state index >= 15 is 0 Å². The van der Waals surface area contributed by atoms with E-state index in [9.17, 15) is 0 Å². The van der Waals surface area contributed by atoms with Crippen molar-refractivity contribution >= 4 is 0 Å². The normalized spacial score (nSPS) is 27.4. The Morgan fingerprint density at radius 1 is 1.18 bits per heavy atom. The molecule has 0 aromatic carbocycles. The van der Waals surface area contributed by atoms with E-state index in [1.165, 1.54) is 45.1 Å². The lowest BCUT2D eigenvalue weighted by molar-refractivity contribution is 0.154. The predicted molar refractivity (Wildman–Crippen MR) is 76.4 cm³/mol. The zero-order valence-electron chi connectivity index (χ0n) is 12.3. The summed E-state index contributed by atoms with van der Waals surface area (Å²) in [5.41, 5.74) is 0. The average molecular weight is 240 g/mol. The third-order valence-electron chi connectivity index (χ3n) is 4.25. The Labute approximate surface area is 108 Å². The van der Waals surface area contributed by atoms with E-state index < -0.39 is 0 Å². The van der Waals surface area contributed by atoms with Crippen molar-refractivity contribution in [3.05, 3.63) is 0 Å². The molecule has 0 bridgehead atoms. The number of rotatable bonds is 7. The minimum Gasteiger partial charge on any atom is -0.313 e. The molecule has 1 fully saturated rings. The van der Waals surface area contributed by atoms with E-state index in [1.807, 2.05) is 0 Å². The molecule has 2 heteroatoms. The molecule has 0 heterocycles. The molecule has 17 heavy (non-hydrogen) atoms. The van der Waals surface area contributed by atoms with Crippen LogP contribution in [0.5, 0.6) is 0 Å². The molecule has 1 N–H and O–H groups in total. The van der Waals surface area contributed by atoms with Crippen LogP contribution in [0.4, 0.5) is 0 Å². The first-order chi connectivity index (χ1) is 8.17. The summed E-state index contributed by atoms with van der Waals surface area (Å²) in [4.78, 5) is 2.61. The predicted octanol–water partition coefficient (Wildman–Crippen LogP) is 3.28. The van der Waals surface area contributed by atoms with Gasteiger partial charge in [-0.25, -0.2) is 0 Å². The molecule has 102 valence electrons. The number of nitrogens with zero attached hydrogens (tertiary/aromatic N) is 1. The Hall–Kier alpha value is -0.0800. The van der Waals surface area contributed by atoms with Crippen molar-refractivity contribution in [1.29, 1.82) is 0 Å². The Morgan fingerprint density at radius 3 is 2.35 bits per heavy atom. The van der Waals surface area contributed by atoms with Crippen molar-refractivity contribution in [1.82, 2.24) is 10.2 Å². The summed E-state index contributed by atoms with van der Waals surface area (Å²) >= 11 is 0. The van der Waals surface area contributed by atoms with E-state index in [1.54, 1.807) is 0 Å². The maximum absolute atomic E-state index is 3.62. The first-order valence-corrected chi connectivity index (χ1v) is 7.60. The van der Waals surface area contributed by atoms with Crippen LogP contribution in [0, 0.1) is 5.92 Å². The van der Waals surface area contributed by atoms with Crippen LogP contribution in [-0.2, 0) is 0 Å². The van der Waals surface area contributed by atoms with Gasteiger partial charge in [0.2, 0.25) is 0 Å². The summed E-state index contributed by atoms with van der Waals surface area (Å²) in [5.74, 6) is 0.958. The summed E-state index contributed by atoms with van der Waals surface area (Å²) in [6.45, 7) is 9.22. The van der Waals surface area contributed by atoms with Gasteiger partial charge < -0.3 is 10.2 Å². The largest absolute Gasteiger partial charge is 0.313 e. The van der Waals surface area contributed by atoms with Crippen molar-refractivity contribution in [3.63, 3.8) is 0 Å². The van der Waals surface area contributed by atoms with Crippen molar-refractivity contribution in [2.75, 3.05) is 20.1 Å². The highest BCUT2D eigenvalue weighted by Gasteiger charge is 2.22. The molecule has 0 aromatic rings. The summed E-state index contributed by atoms with van der Waals surface area (Å²) in [6, 6.07) is 1.53. The molecule has 1 aliphatic rings. The van der Waals surface area contributed by atoms with Gasteiger partial charge in [0.1, 0.15) is 0 Å². The molecule has 1 aliphatic carbocycles. The fourth-order valence-electron chi connectivity index (χ4n) is 3.07. The van der Waals surface area contributed by atoms with Crippen LogP contribution in [0.2, 0.25) is 0 Å². The maximum atomic E-state index is 3.62. The van der Waals surface area contributed by atoms with Gasteiger partial charge in [-0.2, -0.15) is 0 Å². The molecule has 0 aromatic heterocycles. The molecule has 1 unspecified atom stereocenters. The monoisotopic (exact) mass is 240 g/mol. The quantitative estimate of drug-likeness (QED) is 0.735. The highest BCUT2D eigenvalue weighted by atomic mass is 15.2. The Bertz CT molecular complexity index is 179. The van der Waals surface area contributed by atoms with Gasteiger partial charge in [-0.1, -0.05) is 27.2 Å². The van der Waals surface area contributed by atoms with E-state index in [4.69, 9.17) is 0 Å². The van der Waals surface area contributed by atoms with Crippen LogP contribution in [0.3, 0.4) is 0 Å². The first kappa shape index (κ1) is 15.0. The molecule has 2 nitrogen and oxygen atoms in total. The zero-order chi connectivity index (χ0) is 12.7. The Morgan fingerprint density at radius 2 is 1.82 bits per heavy atom. The first-order valence-electron chi connectivity index (χ1n) is 7.60. The second kappa shape index (κ2) is 8.10. The lowest BCUT2D eigenvalue weighted by Crippen LogP contribution is -2.44. The summed E-state index contributed by atoms with van der Waals surface area (Å²) in [6.07, 6.45) is 8.25. The SMILES string of the molecule is CCCC(CN(C)C1CCC(C)CC1)NCC. The minimum atomic E-state index is 0.689. The van der Waals surface area contributed by atoms with Gasteiger partial charge in [0.15, 0.2) is 0 Å². The van der Waals surface area contributed by atoms with Crippen molar-refractivity contribution < 1.29 is 0 Å². The van der Waals surface area contributed by atoms with Gasteiger partial charge in [-0.3, -0.25) is 0 Å². The van der Waals surface area contributed by atoms with Gasteiger partial charge in [-0.15, -0.1) is 0 Å². The second-order valence-electron chi connectivity index (χ2n) is 5.90. The smallest absolute Gasteiger partial charge is 0.0194 e. The van der Waals surface area contributed by atoms with Crippen LogP contribution in [0.15, 0.2) is 0 Å². The molecule has 0 amide bonds. The molecule has 0 aliphatic heterocycles. The number of hydrogen-bond donors (Lipinski definition) is 1. The lowest BCUT2D eigenvalue weighted by atomic mass is 9.86. The average Bonchev–Trinajstić information content (AvgIpc) is 2.30. The minimum absolute atomic E-state index is 0.689. The molecule has 1 saturated carbocycles. The number of likely N-dealkylation sites (N-methyl/N-ethyl adjacent to an activating group) is 2. The Balaban J connectivity index is 2.32. The highest BCUT2D eigenvalue weighted by molar-refractivity contribution is 4.79. The van der Waals surface area contributed by atoms with Gasteiger partial charge in [0.05, 0.1) is 0 Å². The van der Waals surface area contributed by atoms with Gasteiger partial charge in [0, 0.05) is 18.6 Å². The van der Waals surface area contributed by atoms with Gasteiger partial charge >= 0.3 is 0 Å². The molecular weight excluding hydrogens is 208 g/mol. The van der Waals surface area contributed by atoms with Crippen LogP contribution in [0.25, 0.3) is 0 Å². The summed E-state index contributed by atoms with van der Waals surface area (Å²) in [7, 11) is 2.32. The van der Waals surface area contributed by atoms with Crippen molar-refractivity contribution in [3.8, 4) is 0 Å².